The molecule has 0 amide bonds. The molecule has 9 heteroatoms. The van der Waals surface area contributed by atoms with Gasteiger partial charge < -0.3 is 12.3 Å². The van der Waals surface area contributed by atoms with E-state index in [0.717, 1.165) is 0 Å². The van der Waals surface area contributed by atoms with E-state index in [1.807, 2.05) is 13.1 Å². The van der Waals surface area contributed by atoms with Crippen molar-refractivity contribution in [3.63, 3.8) is 0 Å². The lowest BCUT2D eigenvalue weighted by atomic mass is 10.5. The van der Waals surface area contributed by atoms with Crippen molar-refractivity contribution < 1.29 is 25.5 Å². The fourth-order valence-corrected chi connectivity index (χ4v) is 13.2. The van der Waals surface area contributed by atoms with E-state index >= 15 is 0 Å². The van der Waals surface area contributed by atoms with Crippen LogP contribution in [0.15, 0.2) is 0 Å². The van der Waals surface area contributed by atoms with E-state index in [-0.39, 0.29) is 6.04 Å². The SMILES string of the molecule is C[SiH]1O[SiH](C)O[Si](C)(CCC(F)(F)F)O1. The van der Waals surface area contributed by atoms with Gasteiger partial charge in [0.25, 0.3) is 18.6 Å². The molecule has 1 aliphatic heterocycles. The Hall–Kier alpha value is 0.321. The minimum atomic E-state index is -4.13. The lowest BCUT2D eigenvalue weighted by Crippen LogP contribution is -2.54. The van der Waals surface area contributed by atoms with Crippen LogP contribution in [0.3, 0.4) is 0 Å². The first kappa shape index (κ1) is 13.4. The normalized spacial score (nSPS) is 38.0. The van der Waals surface area contributed by atoms with Gasteiger partial charge in [0.05, 0.1) is 0 Å². The Morgan fingerprint density at radius 3 is 2.00 bits per heavy atom. The highest BCUT2D eigenvalue weighted by Gasteiger charge is 2.43. The van der Waals surface area contributed by atoms with Crippen LogP contribution in [0.25, 0.3) is 0 Å². The third-order valence-corrected chi connectivity index (χ3v) is 12.9. The van der Waals surface area contributed by atoms with Crippen molar-refractivity contribution in [1.82, 2.24) is 0 Å². The van der Waals surface area contributed by atoms with E-state index in [1.54, 1.807) is 6.55 Å². The molecule has 2 unspecified atom stereocenters. The largest absolute Gasteiger partial charge is 0.420 e. The van der Waals surface area contributed by atoms with Crippen LogP contribution in [0, 0.1) is 0 Å². The van der Waals surface area contributed by atoms with E-state index in [2.05, 4.69) is 0 Å². The maximum absolute atomic E-state index is 12.1. The van der Waals surface area contributed by atoms with Gasteiger partial charge in [0.1, 0.15) is 0 Å². The molecular formula is C6H15F3O3Si3. The summed E-state index contributed by atoms with van der Waals surface area (Å²) in [5.74, 6) is 0. The minimum Gasteiger partial charge on any atom is -0.420 e. The third-order valence-electron chi connectivity index (χ3n) is 2.08. The maximum Gasteiger partial charge on any atom is 0.389 e. The zero-order chi connectivity index (χ0) is 11.7. The first-order chi connectivity index (χ1) is 6.70. The molecule has 1 aliphatic rings. The van der Waals surface area contributed by atoms with Gasteiger partial charge in [-0.15, -0.1) is 0 Å². The third kappa shape index (κ3) is 4.78. The summed E-state index contributed by atoms with van der Waals surface area (Å²) in [5.41, 5.74) is 0. The Labute approximate surface area is 91.5 Å². The minimum absolute atomic E-state index is 0.0193. The molecule has 0 bridgehead atoms. The molecule has 15 heavy (non-hydrogen) atoms. The van der Waals surface area contributed by atoms with Gasteiger partial charge >= 0.3 is 14.7 Å². The lowest BCUT2D eigenvalue weighted by molar-refractivity contribution is -0.131. The Morgan fingerprint density at radius 2 is 1.60 bits per heavy atom. The van der Waals surface area contributed by atoms with E-state index in [1.165, 1.54) is 0 Å². The maximum atomic E-state index is 12.1. The first-order valence-electron chi connectivity index (χ1n) is 4.78. The van der Waals surface area contributed by atoms with Crippen LogP contribution in [0.1, 0.15) is 6.42 Å². The second-order valence-electron chi connectivity index (χ2n) is 3.76. The van der Waals surface area contributed by atoms with Gasteiger partial charge in [-0.05, 0) is 25.7 Å². The van der Waals surface area contributed by atoms with Crippen LogP contribution >= 0.6 is 0 Å². The predicted octanol–water partition coefficient (Wildman–Crippen LogP) is 1.77. The Kier molecular flexibility index (Phi) is 4.17. The second kappa shape index (κ2) is 4.67. The van der Waals surface area contributed by atoms with Crippen molar-refractivity contribution in [2.45, 2.75) is 38.3 Å². The van der Waals surface area contributed by atoms with E-state index in [0.29, 0.717) is 0 Å². The molecule has 1 rings (SSSR count). The van der Waals surface area contributed by atoms with Gasteiger partial charge in [-0.1, -0.05) is 0 Å². The van der Waals surface area contributed by atoms with Gasteiger partial charge in [-0.2, -0.15) is 13.2 Å². The highest BCUT2D eigenvalue weighted by Crippen LogP contribution is 2.29. The molecule has 0 saturated carbocycles. The summed E-state index contributed by atoms with van der Waals surface area (Å²) < 4.78 is 52.6. The van der Waals surface area contributed by atoms with Gasteiger partial charge in [0.2, 0.25) is 0 Å². The van der Waals surface area contributed by atoms with Crippen molar-refractivity contribution in [3.8, 4) is 0 Å². The highest BCUT2D eigenvalue weighted by molar-refractivity contribution is 6.82. The number of hydrogen-bond acceptors (Lipinski definition) is 3. The average molecular weight is 276 g/mol. The number of rotatable bonds is 2. The van der Waals surface area contributed by atoms with Crippen molar-refractivity contribution >= 4 is 27.1 Å². The molecule has 1 fully saturated rings. The summed E-state index contributed by atoms with van der Waals surface area (Å²) in [6, 6.07) is -0.0193. The summed E-state index contributed by atoms with van der Waals surface area (Å²) >= 11 is 0. The van der Waals surface area contributed by atoms with Gasteiger partial charge in [0, 0.05) is 6.42 Å². The molecule has 0 aromatic rings. The Bertz CT molecular complexity index is 215. The summed E-state index contributed by atoms with van der Waals surface area (Å²) in [4.78, 5) is 0. The summed E-state index contributed by atoms with van der Waals surface area (Å²) in [5, 5.41) is 0. The highest BCUT2D eigenvalue weighted by atomic mass is 28.5. The van der Waals surface area contributed by atoms with Crippen LogP contribution in [0.2, 0.25) is 25.7 Å². The van der Waals surface area contributed by atoms with Gasteiger partial charge in [0.15, 0.2) is 0 Å². The van der Waals surface area contributed by atoms with Crippen LogP contribution < -0.4 is 0 Å². The molecule has 3 nitrogen and oxygen atoms in total. The van der Waals surface area contributed by atoms with Crippen molar-refractivity contribution in [2.24, 2.45) is 0 Å². The lowest BCUT2D eigenvalue weighted by Gasteiger charge is -2.38. The monoisotopic (exact) mass is 276 g/mol. The summed E-state index contributed by atoms with van der Waals surface area (Å²) in [6.45, 7) is 5.38. The molecule has 0 aliphatic carbocycles. The van der Waals surface area contributed by atoms with Crippen molar-refractivity contribution in [1.29, 1.82) is 0 Å². The topological polar surface area (TPSA) is 27.7 Å². The number of alkyl halides is 3. The predicted molar refractivity (Wildman–Crippen MR) is 56.4 cm³/mol. The molecule has 0 aromatic carbocycles. The first-order valence-corrected chi connectivity index (χ1v) is 11.5. The van der Waals surface area contributed by atoms with Crippen molar-refractivity contribution in [2.75, 3.05) is 0 Å². The number of hydrogen-bond donors (Lipinski definition) is 0. The average Bonchev–Trinajstić information content (AvgIpc) is 1.97. The molecular weight excluding hydrogens is 261 g/mol. The molecule has 0 radical (unpaired) electrons. The fraction of sp³-hybridized carbons (Fsp3) is 1.00. The van der Waals surface area contributed by atoms with Crippen LogP contribution in [0.5, 0.6) is 0 Å². The van der Waals surface area contributed by atoms with E-state index in [9.17, 15) is 13.2 Å². The molecule has 90 valence electrons. The molecule has 0 spiro atoms. The molecule has 1 heterocycles. The van der Waals surface area contributed by atoms with E-state index in [4.69, 9.17) is 12.3 Å². The molecule has 1 saturated heterocycles. The van der Waals surface area contributed by atoms with Crippen LogP contribution in [-0.2, 0) is 12.3 Å². The second-order valence-corrected chi connectivity index (χ2v) is 11.8. The molecule has 0 aromatic heterocycles. The fourth-order valence-electron chi connectivity index (χ4n) is 1.54. The van der Waals surface area contributed by atoms with Gasteiger partial charge in [-0.25, -0.2) is 0 Å². The smallest absolute Gasteiger partial charge is 0.389 e. The Morgan fingerprint density at radius 1 is 1.13 bits per heavy atom. The summed E-state index contributed by atoms with van der Waals surface area (Å²) in [7, 11) is -6.06. The van der Waals surface area contributed by atoms with Crippen LogP contribution in [0.4, 0.5) is 13.2 Å². The van der Waals surface area contributed by atoms with Crippen molar-refractivity contribution in [3.05, 3.63) is 0 Å². The Balaban J connectivity index is 2.50. The van der Waals surface area contributed by atoms with E-state index < -0.39 is 39.7 Å². The quantitative estimate of drug-likeness (QED) is 0.720. The molecule has 0 N–H and O–H groups in total. The zero-order valence-corrected chi connectivity index (χ0v) is 12.2. The van der Waals surface area contributed by atoms with Crippen LogP contribution in [-0.4, -0.2) is 33.3 Å². The standard InChI is InChI=1S/C6H15F3O3Si3/c1-13-10-14(2)12-15(3,11-13)5-4-6(7,8)9/h13-14H,4-5H2,1-3H3. The number of halogens is 3. The zero-order valence-electron chi connectivity index (χ0n) is 8.93. The summed E-state index contributed by atoms with van der Waals surface area (Å²) in [6.07, 6.45) is -4.95. The van der Waals surface area contributed by atoms with Gasteiger partial charge in [-0.3, -0.25) is 0 Å². The molecule has 2 atom stereocenters.